The average Bonchev–Trinajstić information content (AvgIpc) is 2.66. The van der Waals surface area contributed by atoms with E-state index in [4.69, 9.17) is 14.2 Å². The molecule has 2 aromatic carbocycles. The van der Waals surface area contributed by atoms with Crippen LogP contribution in [0, 0.1) is 0 Å². The zero-order valence-corrected chi connectivity index (χ0v) is 14.6. The summed E-state index contributed by atoms with van der Waals surface area (Å²) < 4.78 is 15.8. The fraction of sp³-hybridized carbons (Fsp3) is 0.263. The maximum Gasteiger partial charge on any atom is 0.271 e. The van der Waals surface area contributed by atoms with E-state index in [-0.39, 0.29) is 5.91 Å². The molecule has 0 saturated heterocycles. The van der Waals surface area contributed by atoms with E-state index < -0.39 is 0 Å². The first kappa shape index (κ1) is 18.3. The summed E-state index contributed by atoms with van der Waals surface area (Å²) in [6.07, 6.45) is 2.54. The van der Waals surface area contributed by atoms with E-state index in [0.29, 0.717) is 23.7 Å². The summed E-state index contributed by atoms with van der Waals surface area (Å²) in [5.74, 6) is 1.53. The minimum absolute atomic E-state index is 0.333. The van der Waals surface area contributed by atoms with Crippen molar-refractivity contribution in [3.8, 4) is 17.2 Å². The van der Waals surface area contributed by atoms with E-state index >= 15 is 0 Å². The molecule has 0 fully saturated rings. The Morgan fingerprint density at radius 1 is 1.08 bits per heavy atom. The number of nitrogens with zero attached hydrogens (tertiary/aromatic N) is 1. The Labute approximate surface area is 147 Å². The number of ether oxygens (including phenoxy) is 3. The molecule has 6 heteroatoms. The number of nitrogens with one attached hydrogen (secondary N) is 1. The van der Waals surface area contributed by atoms with Gasteiger partial charge in [-0.25, -0.2) is 5.43 Å². The molecule has 25 heavy (non-hydrogen) atoms. The summed E-state index contributed by atoms with van der Waals surface area (Å²) in [5.41, 5.74) is 3.77. The van der Waals surface area contributed by atoms with Crippen LogP contribution >= 0.6 is 0 Å². The zero-order valence-electron chi connectivity index (χ0n) is 14.6. The van der Waals surface area contributed by atoms with Crippen LogP contribution in [0.1, 0.15) is 29.3 Å². The van der Waals surface area contributed by atoms with Crippen LogP contribution < -0.4 is 19.6 Å². The van der Waals surface area contributed by atoms with Crippen molar-refractivity contribution in [1.29, 1.82) is 0 Å². The van der Waals surface area contributed by atoms with Crippen LogP contribution in [0.3, 0.4) is 0 Å². The maximum absolute atomic E-state index is 12.1. The van der Waals surface area contributed by atoms with Gasteiger partial charge < -0.3 is 14.2 Å². The van der Waals surface area contributed by atoms with Gasteiger partial charge >= 0.3 is 0 Å². The number of hydrazone groups is 1. The van der Waals surface area contributed by atoms with Gasteiger partial charge in [-0.15, -0.1) is 0 Å². The third kappa shape index (κ3) is 5.24. The van der Waals surface area contributed by atoms with Gasteiger partial charge in [0.15, 0.2) is 11.5 Å². The van der Waals surface area contributed by atoms with Gasteiger partial charge in [0.1, 0.15) is 5.75 Å². The summed E-state index contributed by atoms with van der Waals surface area (Å²) in [4.78, 5) is 12.1. The Bertz CT molecular complexity index is 727. The number of methoxy groups -OCH3 is 2. The molecule has 0 aliphatic carbocycles. The number of benzene rings is 2. The summed E-state index contributed by atoms with van der Waals surface area (Å²) in [5, 5.41) is 3.97. The van der Waals surface area contributed by atoms with Crippen LogP contribution in [0.4, 0.5) is 0 Å². The molecule has 0 spiro atoms. The molecule has 0 aliphatic rings. The summed E-state index contributed by atoms with van der Waals surface area (Å²) in [7, 11) is 3.06. The van der Waals surface area contributed by atoms with Crippen molar-refractivity contribution in [1.82, 2.24) is 5.43 Å². The van der Waals surface area contributed by atoms with Gasteiger partial charge in [-0.2, -0.15) is 5.10 Å². The molecule has 0 bridgehead atoms. The standard InChI is InChI=1S/C19H22N2O4/c1-4-11-25-16-8-5-14(6-9-16)13-20-21-19(22)15-7-10-17(23-2)18(12-15)24-3/h5-10,12-13H,4,11H2,1-3H3,(H,21,22)/b20-13+. The first-order chi connectivity index (χ1) is 12.2. The molecule has 0 saturated carbocycles. The van der Waals surface area contributed by atoms with Gasteiger partial charge in [-0.05, 0) is 54.4 Å². The molecular weight excluding hydrogens is 320 g/mol. The molecule has 1 N–H and O–H groups in total. The zero-order chi connectivity index (χ0) is 18.1. The van der Waals surface area contributed by atoms with Crippen molar-refractivity contribution >= 4 is 12.1 Å². The van der Waals surface area contributed by atoms with Crippen LogP contribution in [0.5, 0.6) is 17.2 Å². The number of hydrogen-bond acceptors (Lipinski definition) is 5. The smallest absolute Gasteiger partial charge is 0.271 e. The number of carbonyl (C=O) groups is 1. The number of carbonyl (C=O) groups excluding carboxylic acids is 1. The SMILES string of the molecule is CCCOc1ccc(/C=N/NC(=O)c2ccc(OC)c(OC)c2)cc1. The lowest BCUT2D eigenvalue weighted by atomic mass is 10.2. The molecule has 0 unspecified atom stereocenters. The predicted octanol–water partition coefficient (Wildman–Crippen LogP) is 3.26. The molecule has 0 heterocycles. The van der Waals surface area contributed by atoms with Crippen molar-refractivity contribution in [2.45, 2.75) is 13.3 Å². The molecular formula is C19H22N2O4. The van der Waals surface area contributed by atoms with Gasteiger partial charge in [0, 0.05) is 5.56 Å². The van der Waals surface area contributed by atoms with Crippen LogP contribution in [0.15, 0.2) is 47.6 Å². The fourth-order valence-corrected chi connectivity index (χ4v) is 2.08. The third-order valence-corrected chi connectivity index (χ3v) is 3.38. The highest BCUT2D eigenvalue weighted by atomic mass is 16.5. The Hall–Kier alpha value is -3.02. The van der Waals surface area contributed by atoms with Crippen LogP contribution in [0.25, 0.3) is 0 Å². The lowest BCUT2D eigenvalue weighted by molar-refractivity contribution is 0.0954. The number of hydrogen-bond donors (Lipinski definition) is 1. The lowest BCUT2D eigenvalue weighted by Crippen LogP contribution is -2.17. The Morgan fingerprint density at radius 3 is 2.44 bits per heavy atom. The van der Waals surface area contributed by atoms with Crippen molar-refractivity contribution in [2.75, 3.05) is 20.8 Å². The fourth-order valence-electron chi connectivity index (χ4n) is 2.08. The Kier molecular flexibility index (Phi) is 6.83. The first-order valence-corrected chi connectivity index (χ1v) is 7.96. The topological polar surface area (TPSA) is 69.2 Å². The van der Waals surface area contributed by atoms with E-state index in [0.717, 1.165) is 17.7 Å². The van der Waals surface area contributed by atoms with E-state index in [2.05, 4.69) is 17.5 Å². The van der Waals surface area contributed by atoms with Crippen molar-refractivity contribution in [2.24, 2.45) is 5.10 Å². The highest BCUT2D eigenvalue weighted by Gasteiger charge is 2.09. The molecule has 2 rings (SSSR count). The molecule has 0 atom stereocenters. The van der Waals surface area contributed by atoms with E-state index in [1.807, 2.05) is 24.3 Å². The molecule has 2 aromatic rings. The summed E-state index contributed by atoms with van der Waals surface area (Å²) in [6.45, 7) is 2.75. The van der Waals surface area contributed by atoms with Gasteiger partial charge in [-0.1, -0.05) is 6.92 Å². The van der Waals surface area contributed by atoms with Gasteiger partial charge in [0.05, 0.1) is 27.0 Å². The van der Waals surface area contributed by atoms with E-state index in [9.17, 15) is 4.79 Å². The molecule has 0 aliphatic heterocycles. The van der Waals surface area contributed by atoms with Crippen molar-refractivity contribution < 1.29 is 19.0 Å². The molecule has 0 aromatic heterocycles. The minimum atomic E-state index is -0.333. The van der Waals surface area contributed by atoms with Crippen LogP contribution in [0.2, 0.25) is 0 Å². The quantitative estimate of drug-likeness (QED) is 0.590. The highest BCUT2D eigenvalue weighted by molar-refractivity contribution is 5.95. The minimum Gasteiger partial charge on any atom is -0.494 e. The molecule has 6 nitrogen and oxygen atoms in total. The maximum atomic E-state index is 12.1. The summed E-state index contributed by atoms with van der Waals surface area (Å²) >= 11 is 0. The monoisotopic (exact) mass is 342 g/mol. The molecule has 0 radical (unpaired) electrons. The van der Waals surface area contributed by atoms with Gasteiger partial charge in [-0.3, -0.25) is 4.79 Å². The second kappa shape index (κ2) is 9.32. The van der Waals surface area contributed by atoms with Crippen LogP contribution in [-0.4, -0.2) is 32.9 Å². The predicted molar refractivity (Wildman–Crippen MR) is 96.8 cm³/mol. The Morgan fingerprint density at radius 2 is 1.80 bits per heavy atom. The summed E-state index contributed by atoms with van der Waals surface area (Å²) in [6, 6.07) is 12.4. The van der Waals surface area contributed by atoms with E-state index in [1.54, 1.807) is 31.5 Å². The number of amides is 1. The van der Waals surface area contributed by atoms with Gasteiger partial charge in [0.2, 0.25) is 0 Å². The second-order valence-electron chi connectivity index (χ2n) is 5.19. The molecule has 132 valence electrons. The van der Waals surface area contributed by atoms with Crippen molar-refractivity contribution in [3.63, 3.8) is 0 Å². The number of rotatable bonds is 8. The molecule has 1 amide bonds. The normalized spacial score (nSPS) is 10.5. The highest BCUT2D eigenvalue weighted by Crippen LogP contribution is 2.27. The third-order valence-electron chi connectivity index (χ3n) is 3.38. The van der Waals surface area contributed by atoms with Crippen LogP contribution in [-0.2, 0) is 0 Å². The lowest BCUT2D eigenvalue weighted by Gasteiger charge is -2.08. The largest absolute Gasteiger partial charge is 0.494 e. The Balaban J connectivity index is 1.96. The average molecular weight is 342 g/mol. The van der Waals surface area contributed by atoms with Gasteiger partial charge in [0.25, 0.3) is 5.91 Å². The van der Waals surface area contributed by atoms with Crippen molar-refractivity contribution in [3.05, 3.63) is 53.6 Å². The van der Waals surface area contributed by atoms with E-state index in [1.165, 1.54) is 7.11 Å². The second-order valence-corrected chi connectivity index (χ2v) is 5.19. The first-order valence-electron chi connectivity index (χ1n) is 7.96.